The Morgan fingerprint density at radius 3 is 2.31 bits per heavy atom. The number of amides is 2. The summed E-state index contributed by atoms with van der Waals surface area (Å²) in [7, 11) is -3.78. The molecule has 0 aliphatic heterocycles. The van der Waals surface area contributed by atoms with Crippen LogP contribution < -0.4 is 9.62 Å². The summed E-state index contributed by atoms with van der Waals surface area (Å²) in [6, 6.07) is 13.2. The topological polar surface area (TPSA) is 86.8 Å². The molecule has 1 aliphatic rings. The summed E-state index contributed by atoms with van der Waals surface area (Å²) in [6.07, 6.45) is 5.46. The third-order valence-corrected chi connectivity index (χ3v) is 8.20. The number of anilines is 1. The minimum atomic E-state index is -3.78. The van der Waals surface area contributed by atoms with Crippen LogP contribution >= 0.6 is 27.5 Å². The van der Waals surface area contributed by atoms with Gasteiger partial charge in [0.15, 0.2) is 0 Å². The van der Waals surface area contributed by atoms with Gasteiger partial charge in [-0.25, -0.2) is 8.42 Å². The third-order valence-electron chi connectivity index (χ3n) is 6.15. The summed E-state index contributed by atoms with van der Waals surface area (Å²) in [4.78, 5) is 28.4. The summed E-state index contributed by atoms with van der Waals surface area (Å²) in [5.74, 6) is -0.678. The average Bonchev–Trinajstić information content (AvgIpc) is 3.31. The molecule has 2 aromatic rings. The van der Waals surface area contributed by atoms with E-state index in [0.717, 1.165) is 41.8 Å². The van der Waals surface area contributed by atoms with Gasteiger partial charge in [0.1, 0.15) is 12.6 Å². The van der Waals surface area contributed by atoms with E-state index >= 15 is 0 Å². The molecule has 1 atom stereocenters. The number of sulfonamides is 1. The standard InChI is InChI=1S/C25H31BrClN3O4S/c1-3-22(25(32)28-20-8-4-5-9-20)29(16-18-12-14-19(27)15-13-18)24(31)17-30(35(2,33)34)23-11-7-6-10-21(23)26/h6-7,10-15,20,22H,3-5,8-9,16-17H2,1-2H3,(H,28,32). The zero-order valence-corrected chi connectivity index (χ0v) is 23.1. The Balaban J connectivity index is 1.92. The fourth-order valence-electron chi connectivity index (χ4n) is 4.32. The molecule has 10 heteroatoms. The van der Waals surface area contributed by atoms with Crippen molar-refractivity contribution in [2.45, 2.75) is 57.7 Å². The fourth-order valence-corrected chi connectivity index (χ4v) is 5.93. The van der Waals surface area contributed by atoms with Gasteiger partial charge in [-0.2, -0.15) is 0 Å². The summed E-state index contributed by atoms with van der Waals surface area (Å²) in [5, 5.41) is 3.66. The van der Waals surface area contributed by atoms with Crippen molar-refractivity contribution >= 4 is 55.1 Å². The van der Waals surface area contributed by atoms with E-state index in [9.17, 15) is 18.0 Å². The van der Waals surface area contributed by atoms with Gasteiger partial charge in [-0.05, 0) is 65.0 Å². The molecule has 35 heavy (non-hydrogen) atoms. The maximum absolute atomic E-state index is 13.7. The van der Waals surface area contributed by atoms with Crippen molar-refractivity contribution in [2.75, 3.05) is 17.1 Å². The van der Waals surface area contributed by atoms with Crippen LogP contribution in [0.1, 0.15) is 44.6 Å². The highest BCUT2D eigenvalue weighted by Crippen LogP contribution is 2.28. The lowest BCUT2D eigenvalue weighted by Gasteiger charge is -2.33. The number of nitrogens with zero attached hydrogens (tertiary/aromatic N) is 2. The predicted octanol–water partition coefficient (Wildman–Crippen LogP) is 4.73. The van der Waals surface area contributed by atoms with E-state index in [1.165, 1.54) is 4.90 Å². The minimum absolute atomic E-state index is 0.108. The minimum Gasteiger partial charge on any atom is -0.352 e. The second kappa shape index (κ2) is 12.2. The quantitative estimate of drug-likeness (QED) is 0.437. The van der Waals surface area contributed by atoms with Gasteiger partial charge in [-0.15, -0.1) is 0 Å². The van der Waals surface area contributed by atoms with Crippen LogP contribution in [0, 0.1) is 0 Å². The molecule has 1 saturated carbocycles. The molecule has 3 rings (SSSR count). The van der Waals surface area contributed by atoms with Crippen molar-refractivity contribution in [3.8, 4) is 0 Å². The lowest BCUT2D eigenvalue weighted by Crippen LogP contribution is -2.53. The second-order valence-electron chi connectivity index (χ2n) is 8.78. The first kappa shape index (κ1) is 27.5. The molecule has 190 valence electrons. The van der Waals surface area contributed by atoms with E-state index in [0.29, 0.717) is 21.6 Å². The van der Waals surface area contributed by atoms with Gasteiger partial charge < -0.3 is 10.2 Å². The molecule has 7 nitrogen and oxygen atoms in total. The molecule has 2 amide bonds. The number of rotatable bonds is 10. The molecule has 1 N–H and O–H groups in total. The van der Waals surface area contributed by atoms with E-state index in [2.05, 4.69) is 21.2 Å². The van der Waals surface area contributed by atoms with Crippen LogP contribution in [0.3, 0.4) is 0 Å². The highest BCUT2D eigenvalue weighted by Gasteiger charge is 2.33. The molecule has 0 bridgehead atoms. The molecule has 0 heterocycles. The normalized spacial score (nSPS) is 15.0. The average molecular weight is 585 g/mol. The zero-order valence-electron chi connectivity index (χ0n) is 19.9. The van der Waals surface area contributed by atoms with Gasteiger partial charge in [0.2, 0.25) is 21.8 Å². The van der Waals surface area contributed by atoms with Crippen LogP contribution in [0.25, 0.3) is 0 Å². The molecular formula is C25H31BrClN3O4S. The van der Waals surface area contributed by atoms with Gasteiger partial charge in [-0.1, -0.05) is 55.6 Å². The van der Waals surface area contributed by atoms with Crippen LogP contribution in [-0.2, 0) is 26.2 Å². The van der Waals surface area contributed by atoms with Crippen LogP contribution in [0.15, 0.2) is 53.0 Å². The Kier molecular flexibility index (Phi) is 9.61. The van der Waals surface area contributed by atoms with E-state index in [1.54, 1.807) is 48.5 Å². The van der Waals surface area contributed by atoms with E-state index in [1.807, 2.05) is 6.92 Å². The van der Waals surface area contributed by atoms with Crippen molar-refractivity contribution in [1.82, 2.24) is 10.2 Å². The van der Waals surface area contributed by atoms with Crippen molar-refractivity contribution in [3.63, 3.8) is 0 Å². The second-order valence-corrected chi connectivity index (χ2v) is 12.0. The van der Waals surface area contributed by atoms with Gasteiger partial charge in [0.25, 0.3) is 0 Å². The smallest absolute Gasteiger partial charge is 0.244 e. The molecule has 0 saturated heterocycles. The summed E-state index contributed by atoms with van der Waals surface area (Å²) >= 11 is 9.41. The van der Waals surface area contributed by atoms with Crippen LogP contribution in [0.5, 0.6) is 0 Å². The molecule has 0 aromatic heterocycles. The summed E-state index contributed by atoms with van der Waals surface area (Å²) < 4.78 is 27.0. The predicted molar refractivity (Wildman–Crippen MR) is 143 cm³/mol. The van der Waals surface area contributed by atoms with Gasteiger partial charge in [0.05, 0.1) is 11.9 Å². The van der Waals surface area contributed by atoms with Crippen LogP contribution in [0.2, 0.25) is 5.02 Å². The van der Waals surface area contributed by atoms with Crippen molar-refractivity contribution in [1.29, 1.82) is 0 Å². The maximum Gasteiger partial charge on any atom is 0.244 e. The van der Waals surface area contributed by atoms with Crippen LogP contribution in [0.4, 0.5) is 5.69 Å². The number of halogens is 2. The molecular weight excluding hydrogens is 554 g/mol. The first-order valence-electron chi connectivity index (χ1n) is 11.7. The maximum atomic E-state index is 13.7. The van der Waals surface area contributed by atoms with Crippen molar-refractivity contribution in [3.05, 3.63) is 63.6 Å². The number of hydrogen-bond acceptors (Lipinski definition) is 4. The Labute approximate surface area is 221 Å². The van der Waals surface area contributed by atoms with Crippen molar-refractivity contribution in [2.24, 2.45) is 0 Å². The molecule has 2 aromatic carbocycles. The summed E-state index contributed by atoms with van der Waals surface area (Å²) in [5.41, 5.74) is 1.15. The Bertz CT molecular complexity index is 1140. The van der Waals surface area contributed by atoms with Gasteiger partial charge in [0, 0.05) is 22.1 Å². The molecule has 0 radical (unpaired) electrons. The zero-order chi connectivity index (χ0) is 25.6. The number of carbonyl (C=O) groups is 2. The fraction of sp³-hybridized carbons (Fsp3) is 0.440. The first-order valence-corrected chi connectivity index (χ1v) is 14.7. The number of para-hydroxylation sites is 1. The SMILES string of the molecule is CCC(C(=O)NC1CCCC1)N(Cc1ccc(Cl)cc1)C(=O)CN(c1ccccc1Br)S(C)(=O)=O. The first-order chi connectivity index (χ1) is 16.6. The molecule has 1 unspecified atom stereocenters. The van der Waals surface area contributed by atoms with E-state index < -0.39 is 28.5 Å². The Hall–Kier alpha value is -2.10. The largest absolute Gasteiger partial charge is 0.352 e. The number of nitrogens with one attached hydrogen (secondary N) is 1. The number of benzene rings is 2. The van der Waals surface area contributed by atoms with E-state index in [-0.39, 0.29) is 18.5 Å². The Morgan fingerprint density at radius 2 is 1.74 bits per heavy atom. The van der Waals surface area contributed by atoms with Crippen LogP contribution in [-0.4, -0.2) is 50.0 Å². The molecule has 1 fully saturated rings. The van der Waals surface area contributed by atoms with E-state index in [4.69, 9.17) is 11.6 Å². The lowest BCUT2D eigenvalue weighted by molar-refractivity contribution is -0.140. The Morgan fingerprint density at radius 1 is 1.11 bits per heavy atom. The highest BCUT2D eigenvalue weighted by atomic mass is 79.9. The lowest BCUT2D eigenvalue weighted by atomic mass is 10.1. The molecule has 1 aliphatic carbocycles. The number of hydrogen-bond donors (Lipinski definition) is 1. The van der Waals surface area contributed by atoms with Crippen molar-refractivity contribution < 1.29 is 18.0 Å². The van der Waals surface area contributed by atoms with Gasteiger partial charge >= 0.3 is 0 Å². The third kappa shape index (κ3) is 7.44. The molecule has 0 spiro atoms. The summed E-state index contributed by atoms with van der Waals surface area (Å²) in [6.45, 7) is 1.57. The number of carbonyl (C=O) groups excluding carboxylic acids is 2. The monoisotopic (exact) mass is 583 g/mol. The van der Waals surface area contributed by atoms with Gasteiger partial charge in [-0.3, -0.25) is 13.9 Å². The highest BCUT2D eigenvalue weighted by molar-refractivity contribution is 9.10.